The number of nitrogens with one attached hydrogen (secondary N) is 1. The molecule has 0 saturated heterocycles. The Morgan fingerprint density at radius 3 is 2.29 bits per heavy atom. The Hall–Kier alpha value is -3.94. The molecule has 0 radical (unpaired) electrons. The van der Waals surface area contributed by atoms with E-state index >= 15 is 0 Å². The molecule has 1 unspecified atom stereocenters. The number of hydrogen-bond acceptors (Lipinski definition) is 5. The van der Waals surface area contributed by atoms with Gasteiger partial charge in [0.1, 0.15) is 11.6 Å². The maximum absolute atomic E-state index is 13.3. The second kappa shape index (κ2) is 9.71. The van der Waals surface area contributed by atoms with Crippen LogP contribution in [0.1, 0.15) is 27.5 Å². The average molecular weight is 424 g/mol. The fraction of sp³-hybridized carbons (Fsp3) is 0.174. The van der Waals surface area contributed by atoms with Gasteiger partial charge in [-0.1, -0.05) is 24.3 Å². The van der Waals surface area contributed by atoms with E-state index < -0.39 is 16.9 Å². The van der Waals surface area contributed by atoms with Crippen LogP contribution < -0.4 is 14.8 Å². The molecule has 0 heterocycles. The summed E-state index contributed by atoms with van der Waals surface area (Å²) in [6.07, 6.45) is 0.399. The molecule has 3 aromatic carbocycles. The molecule has 0 saturated carbocycles. The summed E-state index contributed by atoms with van der Waals surface area (Å²) in [5.41, 5.74) is 1.46. The van der Waals surface area contributed by atoms with Crippen LogP contribution in [-0.2, 0) is 6.42 Å². The summed E-state index contributed by atoms with van der Waals surface area (Å²) < 4.78 is 23.4. The molecule has 1 N–H and O–H groups in total. The van der Waals surface area contributed by atoms with Crippen molar-refractivity contribution >= 4 is 11.6 Å². The van der Waals surface area contributed by atoms with Crippen LogP contribution >= 0.6 is 0 Å². The molecule has 0 bridgehead atoms. The molecular weight excluding hydrogens is 403 g/mol. The van der Waals surface area contributed by atoms with E-state index in [9.17, 15) is 19.3 Å². The van der Waals surface area contributed by atoms with E-state index in [2.05, 4.69) is 5.32 Å². The van der Waals surface area contributed by atoms with Crippen LogP contribution in [0.3, 0.4) is 0 Å². The first kappa shape index (κ1) is 21.8. The van der Waals surface area contributed by atoms with E-state index in [1.807, 2.05) is 12.1 Å². The third-order valence-electron chi connectivity index (χ3n) is 4.81. The van der Waals surface area contributed by atoms with Crippen molar-refractivity contribution in [1.29, 1.82) is 0 Å². The van der Waals surface area contributed by atoms with Crippen molar-refractivity contribution in [1.82, 2.24) is 5.32 Å². The van der Waals surface area contributed by atoms with Gasteiger partial charge in [-0.05, 0) is 53.9 Å². The molecule has 160 valence electrons. The van der Waals surface area contributed by atoms with Crippen LogP contribution in [0.2, 0.25) is 0 Å². The monoisotopic (exact) mass is 424 g/mol. The number of benzene rings is 3. The minimum Gasteiger partial charge on any atom is -0.497 e. The Kier molecular flexibility index (Phi) is 6.81. The van der Waals surface area contributed by atoms with Gasteiger partial charge in [0.05, 0.1) is 25.2 Å². The average Bonchev–Trinajstić information content (AvgIpc) is 2.79. The van der Waals surface area contributed by atoms with E-state index in [1.165, 1.54) is 37.4 Å². The predicted octanol–water partition coefficient (Wildman–Crippen LogP) is 4.46. The van der Waals surface area contributed by atoms with Crippen molar-refractivity contribution in [3.05, 3.63) is 99.4 Å². The van der Waals surface area contributed by atoms with Gasteiger partial charge in [0, 0.05) is 11.6 Å². The fourth-order valence-corrected chi connectivity index (χ4v) is 3.16. The summed E-state index contributed by atoms with van der Waals surface area (Å²) >= 11 is 0. The Morgan fingerprint density at radius 1 is 1.03 bits per heavy atom. The number of carbonyl (C=O) groups excluding carboxylic acids is 1. The molecule has 0 aromatic heterocycles. The van der Waals surface area contributed by atoms with Crippen molar-refractivity contribution < 1.29 is 23.6 Å². The standard InChI is InChI=1S/C23H21FN2O5/c1-30-19-10-5-16(6-11-19)20(13-15-3-8-18(24)9-4-15)25-23(27)17-7-12-22(31-2)21(14-17)26(28)29/h3-12,14,20H,13H2,1-2H3,(H,25,27). The Morgan fingerprint density at radius 2 is 1.71 bits per heavy atom. The van der Waals surface area contributed by atoms with Gasteiger partial charge in [0.25, 0.3) is 5.91 Å². The summed E-state index contributed by atoms with van der Waals surface area (Å²) in [5, 5.41) is 14.2. The first-order valence-electron chi connectivity index (χ1n) is 9.43. The zero-order valence-corrected chi connectivity index (χ0v) is 17.0. The van der Waals surface area contributed by atoms with E-state index in [0.717, 1.165) is 11.1 Å². The van der Waals surface area contributed by atoms with E-state index in [4.69, 9.17) is 9.47 Å². The van der Waals surface area contributed by atoms with E-state index in [1.54, 1.807) is 31.4 Å². The van der Waals surface area contributed by atoms with Gasteiger partial charge in [-0.25, -0.2) is 4.39 Å². The normalized spacial score (nSPS) is 11.5. The quantitative estimate of drug-likeness (QED) is 0.426. The van der Waals surface area contributed by atoms with Gasteiger partial charge < -0.3 is 14.8 Å². The molecule has 7 nitrogen and oxygen atoms in total. The van der Waals surface area contributed by atoms with Crippen molar-refractivity contribution in [2.75, 3.05) is 14.2 Å². The predicted molar refractivity (Wildman–Crippen MR) is 113 cm³/mol. The molecule has 31 heavy (non-hydrogen) atoms. The smallest absolute Gasteiger partial charge is 0.311 e. The number of nitro groups is 1. The Labute approximate surface area is 178 Å². The second-order valence-corrected chi connectivity index (χ2v) is 6.77. The van der Waals surface area contributed by atoms with Crippen LogP contribution in [0.25, 0.3) is 0 Å². The molecule has 0 spiro atoms. The highest BCUT2D eigenvalue weighted by molar-refractivity contribution is 5.95. The first-order valence-corrected chi connectivity index (χ1v) is 9.43. The molecule has 0 fully saturated rings. The summed E-state index contributed by atoms with van der Waals surface area (Å²) in [6.45, 7) is 0. The summed E-state index contributed by atoms with van der Waals surface area (Å²) in [6, 6.07) is 16.8. The van der Waals surface area contributed by atoms with Gasteiger partial charge in [-0.2, -0.15) is 0 Å². The molecule has 0 aliphatic carbocycles. The van der Waals surface area contributed by atoms with Crippen LogP contribution in [0, 0.1) is 15.9 Å². The van der Waals surface area contributed by atoms with Crippen LogP contribution in [0.15, 0.2) is 66.7 Å². The van der Waals surface area contributed by atoms with Crippen molar-refractivity contribution in [3.63, 3.8) is 0 Å². The zero-order chi connectivity index (χ0) is 22.4. The molecule has 1 amide bonds. The number of nitrogens with zero attached hydrogens (tertiary/aromatic N) is 1. The summed E-state index contributed by atoms with van der Waals surface area (Å²) in [7, 11) is 2.88. The molecule has 0 aliphatic rings. The molecule has 1 atom stereocenters. The largest absolute Gasteiger partial charge is 0.497 e. The highest BCUT2D eigenvalue weighted by Gasteiger charge is 2.21. The van der Waals surface area contributed by atoms with Crippen LogP contribution in [-0.4, -0.2) is 25.1 Å². The van der Waals surface area contributed by atoms with Crippen molar-refractivity contribution in [2.45, 2.75) is 12.5 Å². The number of amides is 1. The third kappa shape index (κ3) is 5.36. The third-order valence-corrected chi connectivity index (χ3v) is 4.81. The van der Waals surface area contributed by atoms with Crippen LogP contribution in [0.4, 0.5) is 10.1 Å². The number of methoxy groups -OCH3 is 2. The van der Waals surface area contributed by atoms with Crippen LogP contribution in [0.5, 0.6) is 11.5 Å². The van der Waals surface area contributed by atoms with Gasteiger partial charge in [-0.15, -0.1) is 0 Å². The fourth-order valence-electron chi connectivity index (χ4n) is 3.16. The molecule has 3 rings (SSSR count). The van der Waals surface area contributed by atoms with Crippen molar-refractivity contribution in [3.8, 4) is 11.5 Å². The molecule has 8 heteroatoms. The van der Waals surface area contributed by atoms with Gasteiger partial charge in [-0.3, -0.25) is 14.9 Å². The lowest BCUT2D eigenvalue weighted by Gasteiger charge is -2.20. The molecule has 3 aromatic rings. The minimum absolute atomic E-state index is 0.0690. The van der Waals surface area contributed by atoms with Crippen molar-refractivity contribution in [2.24, 2.45) is 0 Å². The zero-order valence-electron chi connectivity index (χ0n) is 17.0. The van der Waals surface area contributed by atoms with E-state index in [-0.39, 0.29) is 22.8 Å². The number of hydrogen-bond donors (Lipinski definition) is 1. The molecule has 0 aliphatic heterocycles. The second-order valence-electron chi connectivity index (χ2n) is 6.77. The van der Waals surface area contributed by atoms with E-state index in [0.29, 0.717) is 12.2 Å². The number of ether oxygens (including phenoxy) is 2. The maximum atomic E-state index is 13.3. The lowest BCUT2D eigenvalue weighted by Crippen LogP contribution is -2.30. The number of halogens is 1. The lowest BCUT2D eigenvalue weighted by atomic mass is 9.98. The Bertz CT molecular complexity index is 1070. The highest BCUT2D eigenvalue weighted by atomic mass is 19.1. The van der Waals surface area contributed by atoms with Gasteiger partial charge in [0.2, 0.25) is 0 Å². The number of carbonyl (C=O) groups is 1. The molecular formula is C23H21FN2O5. The number of rotatable bonds is 8. The van der Waals surface area contributed by atoms with Gasteiger partial charge >= 0.3 is 5.69 Å². The highest BCUT2D eigenvalue weighted by Crippen LogP contribution is 2.28. The topological polar surface area (TPSA) is 90.7 Å². The number of nitro benzene ring substituents is 1. The minimum atomic E-state index is -0.602. The Balaban J connectivity index is 1.89. The summed E-state index contributed by atoms with van der Waals surface area (Å²) in [4.78, 5) is 23.6. The SMILES string of the molecule is COc1ccc(C(Cc2ccc(F)cc2)NC(=O)c2ccc(OC)c([N+](=O)[O-])c2)cc1. The van der Waals surface area contributed by atoms with Gasteiger partial charge in [0.15, 0.2) is 5.75 Å². The first-order chi connectivity index (χ1) is 14.9. The maximum Gasteiger partial charge on any atom is 0.311 e. The summed E-state index contributed by atoms with van der Waals surface area (Å²) in [5.74, 6) is -0.0889. The lowest BCUT2D eigenvalue weighted by molar-refractivity contribution is -0.385.